The lowest BCUT2D eigenvalue weighted by atomic mass is 10.0. The van der Waals surface area contributed by atoms with Gasteiger partial charge in [-0.3, -0.25) is 0 Å². The molecule has 0 spiro atoms. The summed E-state index contributed by atoms with van der Waals surface area (Å²) < 4.78 is 11.3. The van der Waals surface area contributed by atoms with Gasteiger partial charge in [0.05, 0.1) is 13.7 Å². The van der Waals surface area contributed by atoms with Gasteiger partial charge in [0.25, 0.3) is 0 Å². The molecule has 118 valence electrons. The van der Waals surface area contributed by atoms with E-state index in [9.17, 15) is 0 Å². The van der Waals surface area contributed by atoms with Gasteiger partial charge in [-0.05, 0) is 30.5 Å². The van der Waals surface area contributed by atoms with Crippen molar-refractivity contribution in [2.45, 2.75) is 25.7 Å². The number of benzene rings is 2. The van der Waals surface area contributed by atoms with E-state index in [0.717, 1.165) is 60.8 Å². The van der Waals surface area contributed by atoms with Crippen LogP contribution < -0.4 is 9.47 Å². The fourth-order valence-electron chi connectivity index (χ4n) is 2.34. The summed E-state index contributed by atoms with van der Waals surface area (Å²) >= 11 is 5.69. The second kappa shape index (κ2) is 9.37. The first kappa shape index (κ1) is 16.7. The number of rotatable bonds is 9. The van der Waals surface area contributed by atoms with E-state index in [1.165, 1.54) is 0 Å². The van der Waals surface area contributed by atoms with Crippen LogP contribution in [0, 0.1) is 0 Å². The Hall–Kier alpha value is -1.67. The van der Waals surface area contributed by atoms with Gasteiger partial charge in [-0.2, -0.15) is 0 Å². The molecule has 2 aromatic rings. The summed E-state index contributed by atoms with van der Waals surface area (Å²) in [6.07, 6.45) is 4.44. The number of ether oxygens (including phenoxy) is 2. The molecule has 0 aliphatic carbocycles. The van der Waals surface area contributed by atoms with Crippen LogP contribution in [-0.2, 0) is 0 Å². The van der Waals surface area contributed by atoms with Crippen LogP contribution in [0.25, 0.3) is 11.1 Å². The van der Waals surface area contributed by atoms with E-state index in [0.29, 0.717) is 0 Å². The average Bonchev–Trinajstić information content (AvgIpc) is 2.58. The number of hydrogen-bond donors (Lipinski definition) is 0. The Morgan fingerprint density at radius 3 is 2.41 bits per heavy atom. The molecule has 2 nitrogen and oxygen atoms in total. The van der Waals surface area contributed by atoms with Gasteiger partial charge in [-0.1, -0.05) is 43.2 Å². The Morgan fingerprint density at radius 1 is 0.909 bits per heavy atom. The smallest absolute Gasteiger partial charge is 0.130 e. The molecule has 2 rings (SSSR count). The van der Waals surface area contributed by atoms with Gasteiger partial charge in [-0.15, -0.1) is 11.6 Å². The van der Waals surface area contributed by atoms with Crippen LogP contribution in [0.15, 0.2) is 48.5 Å². The normalized spacial score (nSPS) is 10.5. The van der Waals surface area contributed by atoms with Crippen molar-refractivity contribution < 1.29 is 9.47 Å². The highest BCUT2D eigenvalue weighted by Crippen LogP contribution is 2.33. The molecule has 0 aromatic heterocycles. The topological polar surface area (TPSA) is 18.5 Å². The Labute approximate surface area is 138 Å². The molecular formula is C19H23ClO2. The molecule has 0 N–H and O–H groups in total. The van der Waals surface area contributed by atoms with Crippen LogP contribution in [0.1, 0.15) is 25.7 Å². The minimum atomic E-state index is 0.718. The molecule has 0 saturated carbocycles. The molecular weight excluding hydrogens is 296 g/mol. The first-order chi connectivity index (χ1) is 10.8. The predicted octanol–water partition coefficient (Wildman–Crippen LogP) is 5.54. The summed E-state index contributed by atoms with van der Waals surface area (Å²) in [5, 5.41) is 0. The Bertz CT molecular complexity index is 555. The number of methoxy groups -OCH3 is 1. The fraction of sp³-hybridized carbons (Fsp3) is 0.368. The van der Waals surface area contributed by atoms with Gasteiger partial charge in [0, 0.05) is 17.5 Å². The van der Waals surface area contributed by atoms with Gasteiger partial charge >= 0.3 is 0 Å². The van der Waals surface area contributed by atoms with Crippen molar-refractivity contribution in [1.82, 2.24) is 0 Å². The van der Waals surface area contributed by atoms with Crippen molar-refractivity contribution in [2.24, 2.45) is 0 Å². The zero-order chi connectivity index (χ0) is 15.6. The second-order valence-electron chi connectivity index (χ2n) is 5.18. The first-order valence-electron chi connectivity index (χ1n) is 7.77. The summed E-state index contributed by atoms with van der Waals surface area (Å²) in [6.45, 7) is 0.718. The van der Waals surface area contributed by atoms with Gasteiger partial charge in [0.2, 0.25) is 0 Å². The lowest BCUT2D eigenvalue weighted by molar-refractivity contribution is 0.304. The van der Waals surface area contributed by atoms with Gasteiger partial charge < -0.3 is 9.47 Å². The molecule has 3 heteroatoms. The minimum Gasteiger partial charge on any atom is -0.497 e. The zero-order valence-electron chi connectivity index (χ0n) is 13.1. The predicted molar refractivity (Wildman–Crippen MR) is 93.1 cm³/mol. The summed E-state index contributed by atoms with van der Waals surface area (Å²) in [5.41, 5.74) is 2.25. The van der Waals surface area contributed by atoms with Crippen molar-refractivity contribution in [2.75, 3.05) is 19.6 Å². The maximum atomic E-state index is 6.00. The quantitative estimate of drug-likeness (QED) is 0.446. The van der Waals surface area contributed by atoms with E-state index in [1.807, 2.05) is 30.3 Å². The lowest BCUT2D eigenvalue weighted by Gasteiger charge is -2.13. The molecule has 22 heavy (non-hydrogen) atoms. The molecule has 0 atom stereocenters. The second-order valence-corrected chi connectivity index (χ2v) is 5.56. The van der Waals surface area contributed by atoms with E-state index in [2.05, 4.69) is 18.2 Å². The van der Waals surface area contributed by atoms with Crippen molar-refractivity contribution in [1.29, 1.82) is 0 Å². The van der Waals surface area contributed by atoms with Crippen LogP contribution in [0.5, 0.6) is 11.5 Å². The molecule has 0 radical (unpaired) electrons. The third-order valence-corrected chi connectivity index (χ3v) is 3.83. The van der Waals surface area contributed by atoms with Crippen molar-refractivity contribution in [3.05, 3.63) is 48.5 Å². The largest absolute Gasteiger partial charge is 0.497 e. The number of halogens is 1. The third-order valence-electron chi connectivity index (χ3n) is 3.56. The Balaban J connectivity index is 2.04. The molecule has 0 aliphatic heterocycles. The molecule has 0 aliphatic rings. The number of alkyl halides is 1. The summed E-state index contributed by atoms with van der Waals surface area (Å²) in [4.78, 5) is 0. The molecule has 0 amide bonds. The highest BCUT2D eigenvalue weighted by atomic mass is 35.5. The highest BCUT2D eigenvalue weighted by molar-refractivity contribution is 6.17. The van der Waals surface area contributed by atoms with Crippen LogP contribution in [-0.4, -0.2) is 19.6 Å². The monoisotopic (exact) mass is 318 g/mol. The maximum absolute atomic E-state index is 6.00. The van der Waals surface area contributed by atoms with Crippen molar-refractivity contribution in [3.63, 3.8) is 0 Å². The molecule has 0 bridgehead atoms. The third kappa shape index (κ3) is 4.96. The van der Waals surface area contributed by atoms with Crippen molar-refractivity contribution in [3.8, 4) is 22.6 Å². The molecule has 0 saturated heterocycles. The fourth-order valence-corrected chi connectivity index (χ4v) is 2.53. The molecule has 0 unspecified atom stereocenters. The van der Waals surface area contributed by atoms with Gasteiger partial charge in [-0.25, -0.2) is 0 Å². The standard InChI is InChI=1S/C19H23ClO2/c1-21-17-11-12-18(16-9-5-4-6-10-16)19(15-17)22-14-8-3-2-7-13-20/h4-6,9-12,15H,2-3,7-8,13-14H2,1H3. The van der Waals surface area contributed by atoms with Gasteiger partial charge in [0.1, 0.15) is 11.5 Å². The SMILES string of the molecule is COc1ccc(-c2ccccc2)c(OCCCCCCCl)c1. The van der Waals surface area contributed by atoms with E-state index >= 15 is 0 Å². The summed E-state index contributed by atoms with van der Waals surface area (Å²) in [6, 6.07) is 16.3. The molecule has 0 fully saturated rings. The van der Waals surface area contributed by atoms with E-state index in [4.69, 9.17) is 21.1 Å². The molecule has 0 heterocycles. The van der Waals surface area contributed by atoms with Crippen LogP contribution >= 0.6 is 11.6 Å². The van der Waals surface area contributed by atoms with Gasteiger partial charge in [0.15, 0.2) is 0 Å². The highest BCUT2D eigenvalue weighted by Gasteiger charge is 2.08. The average molecular weight is 319 g/mol. The summed E-state index contributed by atoms with van der Waals surface area (Å²) in [7, 11) is 1.67. The number of hydrogen-bond acceptors (Lipinski definition) is 2. The Kier molecular flexibility index (Phi) is 7.11. The maximum Gasteiger partial charge on any atom is 0.130 e. The van der Waals surface area contributed by atoms with E-state index in [1.54, 1.807) is 7.11 Å². The zero-order valence-corrected chi connectivity index (χ0v) is 13.8. The lowest BCUT2D eigenvalue weighted by Crippen LogP contribution is -1.99. The van der Waals surface area contributed by atoms with E-state index < -0.39 is 0 Å². The Morgan fingerprint density at radius 2 is 1.68 bits per heavy atom. The summed E-state index contributed by atoms with van der Waals surface area (Å²) in [5.74, 6) is 2.44. The van der Waals surface area contributed by atoms with Crippen molar-refractivity contribution >= 4 is 11.6 Å². The van der Waals surface area contributed by atoms with E-state index in [-0.39, 0.29) is 0 Å². The van der Waals surface area contributed by atoms with Crippen LogP contribution in [0.3, 0.4) is 0 Å². The molecule has 2 aromatic carbocycles. The first-order valence-corrected chi connectivity index (χ1v) is 8.31. The minimum absolute atomic E-state index is 0.718. The van der Waals surface area contributed by atoms with Crippen LogP contribution in [0.4, 0.5) is 0 Å². The van der Waals surface area contributed by atoms with Crippen LogP contribution in [0.2, 0.25) is 0 Å². The number of unbranched alkanes of at least 4 members (excludes halogenated alkanes) is 3.